The van der Waals surface area contributed by atoms with Crippen LogP contribution in [-0.2, 0) is 0 Å². The fourth-order valence-corrected chi connectivity index (χ4v) is 5.99. The van der Waals surface area contributed by atoms with Crippen molar-refractivity contribution in [1.29, 1.82) is 10.5 Å². The van der Waals surface area contributed by atoms with Crippen LogP contribution in [0.3, 0.4) is 0 Å². The Hall–Kier alpha value is -6.00. The molecule has 2 aliphatic heterocycles. The number of nitriles is 2. The normalized spacial score (nSPS) is 17.0. The maximum atomic E-state index is 10.1. The van der Waals surface area contributed by atoms with Crippen molar-refractivity contribution in [3.63, 3.8) is 0 Å². The summed E-state index contributed by atoms with van der Waals surface area (Å²) in [6.07, 6.45) is 0. The Labute approximate surface area is 253 Å². The summed E-state index contributed by atoms with van der Waals surface area (Å²) in [5, 5.41) is 21.6. The Morgan fingerprint density at radius 1 is 0.568 bits per heavy atom. The Kier molecular flexibility index (Phi) is 7.04. The van der Waals surface area contributed by atoms with Crippen LogP contribution >= 0.6 is 0 Å². The summed E-state index contributed by atoms with van der Waals surface area (Å²) in [6, 6.07) is 23.0. The van der Waals surface area contributed by atoms with E-state index in [1.807, 2.05) is 48.5 Å². The van der Waals surface area contributed by atoms with Crippen LogP contribution in [0.4, 0.5) is 0 Å². The van der Waals surface area contributed by atoms with Gasteiger partial charge in [-0.2, -0.15) is 10.5 Å². The molecule has 2 aliphatic rings. The molecule has 0 aliphatic carbocycles. The van der Waals surface area contributed by atoms with Gasteiger partial charge in [0.25, 0.3) is 0 Å². The van der Waals surface area contributed by atoms with Crippen LogP contribution in [0.5, 0.6) is 34.5 Å². The number of allylic oxidation sites excluding steroid dienone is 2. The lowest BCUT2D eigenvalue weighted by Gasteiger charge is -2.30. The minimum absolute atomic E-state index is 0.000282. The van der Waals surface area contributed by atoms with E-state index in [0.29, 0.717) is 45.3 Å². The monoisotopic (exact) mass is 588 g/mol. The molecule has 0 radical (unpaired) electrons. The van der Waals surface area contributed by atoms with Crippen molar-refractivity contribution in [3.8, 4) is 46.6 Å². The van der Waals surface area contributed by atoms with E-state index in [4.69, 9.17) is 39.9 Å². The smallest absolute Gasteiger partial charge is 0.205 e. The van der Waals surface area contributed by atoms with Gasteiger partial charge >= 0.3 is 0 Å². The maximum absolute atomic E-state index is 10.1. The summed E-state index contributed by atoms with van der Waals surface area (Å²) < 4.78 is 34.1. The fourth-order valence-electron chi connectivity index (χ4n) is 5.99. The molecule has 4 aromatic carbocycles. The van der Waals surface area contributed by atoms with Gasteiger partial charge < -0.3 is 39.9 Å². The zero-order chi connectivity index (χ0) is 31.1. The number of hydrogen-bond acceptors (Lipinski definition) is 10. The van der Waals surface area contributed by atoms with Crippen LogP contribution in [0.1, 0.15) is 34.1 Å². The van der Waals surface area contributed by atoms with Gasteiger partial charge in [0, 0.05) is 21.9 Å². The van der Waals surface area contributed by atoms with Gasteiger partial charge in [0.1, 0.15) is 34.8 Å². The SMILES string of the molecule is COc1ccc(C2C(C#N)=C(N)Oc3c2ccc2c4c(ccc32)C(c2ccc(OC)c(OC)c2)C(C#N)=C(N)O4)cc1OC. The van der Waals surface area contributed by atoms with Crippen molar-refractivity contribution < 1.29 is 28.4 Å². The molecule has 4 N–H and O–H groups in total. The first-order valence-electron chi connectivity index (χ1n) is 13.6. The zero-order valence-electron chi connectivity index (χ0n) is 24.4. The van der Waals surface area contributed by atoms with Crippen LogP contribution in [0.2, 0.25) is 0 Å². The van der Waals surface area contributed by atoms with Crippen LogP contribution in [-0.4, -0.2) is 28.4 Å². The van der Waals surface area contributed by atoms with Gasteiger partial charge in [0.05, 0.1) is 40.3 Å². The molecule has 0 fully saturated rings. The summed E-state index contributed by atoms with van der Waals surface area (Å²) >= 11 is 0. The first-order valence-corrected chi connectivity index (χ1v) is 13.6. The van der Waals surface area contributed by atoms with Crippen molar-refractivity contribution in [2.45, 2.75) is 11.8 Å². The summed E-state index contributed by atoms with van der Waals surface area (Å²) in [7, 11) is 6.23. The molecule has 0 saturated heterocycles. The number of ether oxygens (including phenoxy) is 6. The molecule has 10 heteroatoms. The first-order chi connectivity index (χ1) is 21.4. The second kappa shape index (κ2) is 11.0. The summed E-state index contributed by atoms with van der Waals surface area (Å²) in [5.41, 5.74) is 16.3. The van der Waals surface area contributed by atoms with Gasteiger partial charge in [-0.3, -0.25) is 0 Å². The molecule has 6 rings (SSSR count). The Balaban J connectivity index is 1.55. The standard InChI is InChI=1S/C34H28N4O6/c1-39-25-11-5-17(13-27(25)41-3)29-21-9-7-20-19(31(21)43-33(37)23(29)15-35)8-10-22-30(24(16-36)34(38)44-32(20)22)18-6-12-26(40-2)28(14-18)42-4/h5-14,29-30H,37-38H2,1-4H3. The third kappa shape index (κ3) is 4.24. The van der Waals surface area contributed by atoms with Gasteiger partial charge in [0.15, 0.2) is 23.0 Å². The van der Waals surface area contributed by atoms with Crippen LogP contribution in [0, 0.1) is 22.7 Å². The van der Waals surface area contributed by atoms with Crippen molar-refractivity contribution in [1.82, 2.24) is 0 Å². The van der Waals surface area contributed by atoms with Gasteiger partial charge in [-0.25, -0.2) is 0 Å². The second-order valence-corrected chi connectivity index (χ2v) is 10.1. The molecular formula is C34H28N4O6. The molecule has 0 aromatic heterocycles. The average Bonchev–Trinajstić information content (AvgIpc) is 3.06. The average molecular weight is 589 g/mol. The third-order valence-corrected chi connectivity index (χ3v) is 8.04. The van der Waals surface area contributed by atoms with Crippen molar-refractivity contribution in [3.05, 3.63) is 106 Å². The Bertz CT molecular complexity index is 1840. The van der Waals surface area contributed by atoms with E-state index in [2.05, 4.69) is 12.1 Å². The highest BCUT2D eigenvalue weighted by atomic mass is 16.5. The molecule has 44 heavy (non-hydrogen) atoms. The molecule has 0 bridgehead atoms. The molecule has 10 nitrogen and oxygen atoms in total. The fraction of sp³-hybridized carbons (Fsp3) is 0.176. The lowest BCUT2D eigenvalue weighted by atomic mass is 9.80. The van der Waals surface area contributed by atoms with Gasteiger partial charge in [-0.1, -0.05) is 36.4 Å². The van der Waals surface area contributed by atoms with Gasteiger partial charge in [-0.05, 0) is 35.4 Å². The molecule has 2 heterocycles. The number of hydrogen-bond donors (Lipinski definition) is 2. The van der Waals surface area contributed by atoms with Gasteiger partial charge in [-0.15, -0.1) is 0 Å². The number of benzene rings is 4. The minimum Gasteiger partial charge on any atom is -0.493 e. The van der Waals surface area contributed by atoms with Crippen molar-refractivity contribution >= 4 is 10.8 Å². The number of nitrogens with zero attached hydrogens (tertiary/aromatic N) is 2. The zero-order valence-corrected chi connectivity index (χ0v) is 24.4. The largest absolute Gasteiger partial charge is 0.493 e. The molecular weight excluding hydrogens is 560 g/mol. The van der Waals surface area contributed by atoms with E-state index < -0.39 is 11.8 Å². The molecule has 0 amide bonds. The minimum atomic E-state index is -0.528. The summed E-state index contributed by atoms with van der Waals surface area (Å²) in [5.74, 6) is 2.09. The van der Waals surface area contributed by atoms with E-state index in [1.165, 1.54) is 0 Å². The van der Waals surface area contributed by atoms with E-state index in [-0.39, 0.29) is 22.9 Å². The Morgan fingerprint density at radius 2 is 0.955 bits per heavy atom. The maximum Gasteiger partial charge on any atom is 0.205 e. The lowest BCUT2D eigenvalue weighted by molar-refractivity contribution is 0.354. The number of fused-ring (bicyclic) bond motifs is 5. The number of nitrogens with two attached hydrogens (primary N) is 2. The van der Waals surface area contributed by atoms with E-state index >= 15 is 0 Å². The highest BCUT2D eigenvalue weighted by Crippen LogP contribution is 2.51. The van der Waals surface area contributed by atoms with Gasteiger partial charge in [0.2, 0.25) is 11.8 Å². The lowest BCUT2D eigenvalue weighted by Crippen LogP contribution is -2.22. The molecule has 0 saturated carbocycles. The molecule has 4 aromatic rings. The second-order valence-electron chi connectivity index (χ2n) is 10.1. The predicted octanol–water partition coefficient (Wildman–Crippen LogP) is 5.31. The third-order valence-electron chi connectivity index (χ3n) is 8.04. The summed E-state index contributed by atoms with van der Waals surface area (Å²) in [6.45, 7) is 0. The summed E-state index contributed by atoms with van der Waals surface area (Å²) in [4.78, 5) is 0. The van der Waals surface area contributed by atoms with Crippen LogP contribution in [0.15, 0.2) is 83.6 Å². The quantitative estimate of drug-likeness (QED) is 0.303. The van der Waals surface area contributed by atoms with Crippen molar-refractivity contribution in [2.75, 3.05) is 28.4 Å². The molecule has 0 spiro atoms. The molecule has 2 unspecified atom stereocenters. The van der Waals surface area contributed by atoms with Crippen molar-refractivity contribution in [2.24, 2.45) is 11.5 Å². The number of rotatable bonds is 6. The topological polar surface area (TPSA) is 155 Å². The molecule has 220 valence electrons. The van der Waals surface area contributed by atoms with Crippen LogP contribution in [0.25, 0.3) is 10.8 Å². The van der Waals surface area contributed by atoms with Crippen LogP contribution < -0.4 is 39.9 Å². The van der Waals surface area contributed by atoms with E-state index in [0.717, 1.165) is 22.3 Å². The van der Waals surface area contributed by atoms with E-state index in [9.17, 15) is 10.5 Å². The predicted molar refractivity (Wildman–Crippen MR) is 162 cm³/mol. The highest BCUT2D eigenvalue weighted by Gasteiger charge is 2.36. The highest BCUT2D eigenvalue weighted by molar-refractivity contribution is 5.97. The Morgan fingerprint density at radius 3 is 1.30 bits per heavy atom. The first kappa shape index (κ1) is 28.1. The molecule has 2 atom stereocenters. The van der Waals surface area contributed by atoms with E-state index in [1.54, 1.807) is 40.6 Å². The number of methoxy groups -OCH3 is 4.